The van der Waals surface area contributed by atoms with Crippen molar-refractivity contribution in [3.63, 3.8) is 0 Å². The number of benzene rings is 3. The van der Waals surface area contributed by atoms with Gasteiger partial charge in [0, 0.05) is 30.4 Å². The van der Waals surface area contributed by atoms with Gasteiger partial charge in [-0.1, -0.05) is 36.4 Å². The molecule has 2 aliphatic rings. The van der Waals surface area contributed by atoms with Crippen molar-refractivity contribution < 1.29 is 24.2 Å². The molecule has 0 unspecified atom stereocenters. The summed E-state index contributed by atoms with van der Waals surface area (Å²) in [7, 11) is 0. The number of anilines is 1. The Bertz CT molecular complexity index is 1630. The van der Waals surface area contributed by atoms with E-state index >= 15 is 0 Å². The third kappa shape index (κ3) is 5.88. The highest BCUT2D eigenvalue weighted by Crippen LogP contribution is 2.57. The fraction of sp³-hybridized carbons (Fsp3) is 0.324. The monoisotopic (exact) mass is 565 g/mol. The molecule has 0 spiro atoms. The van der Waals surface area contributed by atoms with Crippen molar-refractivity contribution in [2.45, 2.75) is 45.6 Å². The maximum atomic E-state index is 13.4. The van der Waals surface area contributed by atoms with E-state index in [4.69, 9.17) is 14.6 Å². The number of carboxylic acid groups (broad SMARTS) is 1. The molecule has 216 valence electrons. The predicted molar refractivity (Wildman–Crippen MR) is 160 cm³/mol. The number of hydrogen-bond donors (Lipinski definition) is 1. The maximum Gasteiger partial charge on any atom is 0.341 e. The fourth-order valence-electron chi connectivity index (χ4n) is 5.88. The van der Waals surface area contributed by atoms with Crippen molar-refractivity contribution in [3.05, 3.63) is 95.3 Å². The van der Waals surface area contributed by atoms with E-state index in [-0.39, 0.29) is 12.5 Å². The Kier molecular flexibility index (Phi) is 7.69. The van der Waals surface area contributed by atoms with Crippen LogP contribution in [0.1, 0.15) is 47.4 Å². The lowest BCUT2D eigenvalue weighted by Gasteiger charge is -2.30. The first-order valence-corrected chi connectivity index (χ1v) is 14.5. The summed E-state index contributed by atoms with van der Waals surface area (Å²) in [5.74, 6) is 1.50. The molecule has 6 rings (SSSR count). The summed E-state index contributed by atoms with van der Waals surface area (Å²) >= 11 is 0. The lowest BCUT2D eigenvalue weighted by atomic mass is 9.92. The van der Waals surface area contributed by atoms with Crippen LogP contribution in [-0.2, 0) is 16.1 Å². The molecule has 0 bridgehead atoms. The number of aryl methyl sites for hydroxylation is 1. The zero-order chi connectivity index (χ0) is 29.2. The summed E-state index contributed by atoms with van der Waals surface area (Å²) in [6.45, 7) is 5.57. The van der Waals surface area contributed by atoms with Crippen molar-refractivity contribution in [2.24, 2.45) is 5.92 Å². The molecule has 0 saturated heterocycles. The quantitative estimate of drug-likeness (QED) is 0.225. The van der Waals surface area contributed by atoms with Gasteiger partial charge < -0.3 is 19.5 Å². The molecule has 3 aromatic carbocycles. The highest BCUT2D eigenvalue weighted by atomic mass is 16.5. The smallest absolute Gasteiger partial charge is 0.341 e. The van der Waals surface area contributed by atoms with Gasteiger partial charge in [-0.3, -0.25) is 9.48 Å². The average Bonchev–Trinajstić information content (AvgIpc) is 3.64. The molecule has 4 aromatic rings. The Morgan fingerprint density at radius 2 is 1.88 bits per heavy atom. The van der Waals surface area contributed by atoms with Gasteiger partial charge in [-0.25, -0.2) is 4.79 Å². The first-order chi connectivity index (χ1) is 20.4. The minimum absolute atomic E-state index is 0.143. The maximum absolute atomic E-state index is 13.4. The summed E-state index contributed by atoms with van der Waals surface area (Å²) < 4.78 is 13.2. The number of amides is 1. The lowest BCUT2D eigenvalue weighted by molar-refractivity contribution is -0.139. The van der Waals surface area contributed by atoms with Gasteiger partial charge >= 0.3 is 5.97 Å². The average molecular weight is 566 g/mol. The van der Waals surface area contributed by atoms with E-state index < -0.39 is 5.97 Å². The Labute approximate surface area is 245 Å². The molecule has 8 heteroatoms. The number of rotatable bonds is 11. The molecule has 8 nitrogen and oxygen atoms in total. The van der Waals surface area contributed by atoms with E-state index in [2.05, 4.69) is 37.1 Å². The first-order valence-electron chi connectivity index (χ1n) is 14.5. The van der Waals surface area contributed by atoms with Gasteiger partial charge in [0.15, 0.2) is 6.61 Å². The predicted octanol–water partition coefficient (Wildman–Crippen LogP) is 5.99. The van der Waals surface area contributed by atoms with Crippen molar-refractivity contribution >= 4 is 17.6 Å². The van der Waals surface area contributed by atoms with Gasteiger partial charge in [-0.2, -0.15) is 5.10 Å². The first kappa shape index (κ1) is 27.6. The third-order valence-electron chi connectivity index (χ3n) is 8.28. The Morgan fingerprint density at radius 3 is 2.74 bits per heavy atom. The van der Waals surface area contributed by atoms with Crippen LogP contribution in [0.25, 0.3) is 11.1 Å². The highest BCUT2D eigenvalue weighted by Gasteiger charge is 2.47. The molecule has 1 amide bonds. The van der Waals surface area contributed by atoms with Gasteiger partial charge in [-0.15, -0.1) is 0 Å². The number of carboxylic acids is 1. The number of aromatic nitrogens is 2. The van der Waals surface area contributed by atoms with E-state index in [0.29, 0.717) is 43.6 Å². The largest absolute Gasteiger partial charge is 0.493 e. The van der Waals surface area contributed by atoms with Crippen molar-refractivity contribution in [2.75, 3.05) is 24.7 Å². The van der Waals surface area contributed by atoms with Crippen LogP contribution in [0.4, 0.5) is 5.69 Å². The Hall–Kier alpha value is -4.59. The molecule has 0 radical (unpaired) electrons. The normalized spacial score (nSPS) is 16.9. The van der Waals surface area contributed by atoms with Crippen LogP contribution in [0.3, 0.4) is 0 Å². The molecular weight excluding hydrogens is 530 g/mol. The number of nitrogens with zero attached hydrogens (tertiary/aromatic N) is 3. The number of fused-ring (bicyclic) bond motifs is 3. The second kappa shape index (κ2) is 11.7. The Balaban J connectivity index is 1.14. The van der Waals surface area contributed by atoms with Crippen LogP contribution in [0.2, 0.25) is 0 Å². The number of aliphatic carboxylic acids is 1. The van der Waals surface area contributed by atoms with Crippen molar-refractivity contribution in [3.8, 4) is 22.6 Å². The molecular formula is C34H35N3O5. The number of ether oxygens (including phenoxy) is 2. The van der Waals surface area contributed by atoms with E-state index in [1.807, 2.05) is 58.4 Å². The second-order valence-electron chi connectivity index (χ2n) is 11.3. The lowest BCUT2D eigenvalue weighted by Crippen LogP contribution is -2.36. The molecule has 1 N–H and O–H groups in total. The summed E-state index contributed by atoms with van der Waals surface area (Å²) in [6.07, 6.45) is 6.12. The number of carbonyl (C=O) groups is 2. The van der Waals surface area contributed by atoms with Crippen LogP contribution < -0.4 is 14.4 Å². The van der Waals surface area contributed by atoms with Gasteiger partial charge in [0.25, 0.3) is 0 Å². The topological polar surface area (TPSA) is 93.9 Å². The van der Waals surface area contributed by atoms with Crippen LogP contribution in [0, 0.1) is 19.8 Å². The summed E-state index contributed by atoms with van der Waals surface area (Å²) in [4.78, 5) is 26.3. The molecule has 1 aliphatic heterocycles. The van der Waals surface area contributed by atoms with Gasteiger partial charge in [0.2, 0.25) is 5.91 Å². The highest BCUT2D eigenvalue weighted by molar-refractivity contribution is 5.96. The minimum atomic E-state index is -1.01. The standard InChI is InChI=1S/C34H35N3O5/c1-22-7-3-12-31(23(22)2)41-14-6-13-32(38)37-20-25-16-29(25)34-28(10-5-11-30(34)37)26-17-35-36(19-26)18-24-8-4-9-27(15-24)42-21-33(39)40/h3-5,7-12,15,17,19,25,29H,6,13-14,16,18,20-21H2,1-2H3,(H,39,40)/t25-,29-/m0/s1. The van der Waals surface area contributed by atoms with E-state index in [0.717, 1.165) is 46.7 Å². The van der Waals surface area contributed by atoms with Crippen LogP contribution in [-0.4, -0.2) is 46.5 Å². The minimum Gasteiger partial charge on any atom is -0.493 e. The third-order valence-corrected chi connectivity index (χ3v) is 8.28. The second-order valence-corrected chi connectivity index (χ2v) is 11.3. The van der Waals surface area contributed by atoms with E-state index in [1.165, 1.54) is 11.1 Å². The molecule has 2 atom stereocenters. The number of hydrogen-bond acceptors (Lipinski definition) is 5. The van der Waals surface area contributed by atoms with Gasteiger partial charge in [-0.05, 0) is 90.6 Å². The molecule has 1 aromatic heterocycles. The molecule has 1 saturated carbocycles. The molecule has 1 fully saturated rings. The van der Waals surface area contributed by atoms with Crippen LogP contribution >= 0.6 is 0 Å². The van der Waals surface area contributed by atoms with Crippen molar-refractivity contribution in [1.82, 2.24) is 9.78 Å². The zero-order valence-electron chi connectivity index (χ0n) is 24.0. The van der Waals surface area contributed by atoms with E-state index in [1.54, 1.807) is 6.07 Å². The van der Waals surface area contributed by atoms with E-state index in [9.17, 15) is 9.59 Å². The van der Waals surface area contributed by atoms with Gasteiger partial charge in [0.05, 0.1) is 19.3 Å². The fourth-order valence-corrected chi connectivity index (χ4v) is 5.88. The zero-order valence-corrected chi connectivity index (χ0v) is 24.0. The summed E-state index contributed by atoms with van der Waals surface area (Å²) in [5.41, 5.74) is 7.71. The van der Waals surface area contributed by atoms with Crippen LogP contribution in [0.5, 0.6) is 11.5 Å². The molecule has 42 heavy (non-hydrogen) atoms. The molecule has 2 heterocycles. The van der Waals surface area contributed by atoms with Crippen LogP contribution in [0.15, 0.2) is 73.1 Å². The summed E-state index contributed by atoms with van der Waals surface area (Å²) in [5, 5.41) is 13.5. The van der Waals surface area contributed by atoms with Crippen molar-refractivity contribution in [1.29, 1.82) is 0 Å². The van der Waals surface area contributed by atoms with Gasteiger partial charge in [0.1, 0.15) is 11.5 Å². The Morgan fingerprint density at radius 1 is 1.05 bits per heavy atom. The SMILES string of the molecule is Cc1cccc(OCCCC(=O)N2C[C@@H]3C[C@@H]3c3c(-c4cnn(Cc5cccc(OCC(=O)O)c5)c4)cccc32)c1C. The molecule has 1 aliphatic carbocycles. The number of carbonyl (C=O) groups excluding carboxylic acids is 1. The summed E-state index contributed by atoms with van der Waals surface area (Å²) in [6, 6.07) is 19.7.